The predicted octanol–water partition coefficient (Wildman–Crippen LogP) is 4.30. The van der Waals surface area contributed by atoms with E-state index in [0.717, 1.165) is 22.5 Å². The number of nitrogens with one attached hydrogen (secondary N) is 1. The molecule has 3 rings (SSSR count). The Morgan fingerprint density at radius 1 is 1.35 bits per heavy atom. The van der Waals surface area contributed by atoms with Crippen LogP contribution in [0.25, 0.3) is 11.0 Å². The van der Waals surface area contributed by atoms with E-state index in [-0.39, 0.29) is 6.04 Å². The standard InChI is InChI=1S/C15H16N2O2S/c1-3-18-13-7-4-6-11-14(13)16-15(20)17(11)10(2)12-8-5-9-19-12/h4-10H,3H2,1-2H3,(H,16,20). The van der Waals surface area contributed by atoms with Crippen molar-refractivity contribution in [3.63, 3.8) is 0 Å². The van der Waals surface area contributed by atoms with E-state index in [2.05, 4.69) is 11.9 Å². The fourth-order valence-corrected chi connectivity index (χ4v) is 2.80. The number of aromatic nitrogens is 2. The summed E-state index contributed by atoms with van der Waals surface area (Å²) in [5, 5.41) is 0. The number of fused-ring (bicyclic) bond motifs is 1. The molecule has 1 N–H and O–H groups in total. The van der Waals surface area contributed by atoms with Crippen molar-refractivity contribution in [1.29, 1.82) is 0 Å². The smallest absolute Gasteiger partial charge is 0.178 e. The van der Waals surface area contributed by atoms with E-state index < -0.39 is 0 Å². The minimum absolute atomic E-state index is 0.0307. The number of para-hydroxylation sites is 1. The molecule has 3 aromatic rings. The lowest BCUT2D eigenvalue weighted by atomic mass is 10.2. The van der Waals surface area contributed by atoms with Crippen LogP contribution in [0, 0.1) is 4.77 Å². The van der Waals surface area contributed by atoms with Gasteiger partial charge in [0.25, 0.3) is 0 Å². The monoisotopic (exact) mass is 288 g/mol. The highest BCUT2D eigenvalue weighted by molar-refractivity contribution is 7.71. The van der Waals surface area contributed by atoms with E-state index >= 15 is 0 Å². The number of ether oxygens (including phenoxy) is 1. The number of nitrogens with zero attached hydrogens (tertiary/aromatic N) is 1. The van der Waals surface area contributed by atoms with E-state index in [1.807, 2.05) is 41.8 Å². The lowest BCUT2D eigenvalue weighted by Gasteiger charge is -2.12. The molecule has 0 aliphatic carbocycles. The number of H-pyrrole nitrogens is 1. The van der Waals surface area contributed by atoms with Crippen LogP contribution in [0.15, 0.2) is 41.0 Å². The van der Waals surface area contributed by atoms with E-state index in [1.54, 1.807) is 6.26 Å². The fraction of sp³-hybridized carbons (Fsp3) is 0.267. The Morgan fingerprint density at radius 3 is 2.90 bits per heavy atom. The molecule has 0 radical (unpaired) electrons. The van der Waals surface area contributed by atoms with Gasteiger partial charge in [-0.1, -0.05) is 6.07 Å². The molecule has 1 unspecified atom stereocenters. The van der Waals surface area contributed by atoms with Crippen LogP contribution in [-0.2, 0) is 0 Å². The summed E-state index contributed by atoms with van der Waals surface area (Å²) >= 11 is 5.46. The number of hydrogen-bond donors (Lipinski definition) is 1. The highest BCUT2D eigenvalue weighted by Gasteiger charge is 2.16. The van der Waals surface area contributed by atoms with Crippen LogP contribution in [-0.4, -0.2) is 16.2 Å². The zero-order valence-corrected chi connectivity index (χ0v) is 12.2. The molecule has 0 saturated carbocycles. The molecule has 2 aromatic heterocycles. The molecule has 5 heteroatoms. The van der Waals surface area contributed by atoms with Crippen molar-refractivity contribution in [2.75, 3.05) is 6.61 Å². The van der Waals surface area contributed by atoms with Crippen molar-refractivity contribution in [2.45, 2.75) is 19.9 Å². The molecule has 20 heavy (non-hydrogen) atoms. The SMILES string of the molecule is CCOc1cccc2c1[nH]c(=S)n2C(C)c1ccco1. The first-order valence-corrected chi connectivity index (χ1v) is 7.02. The molecule has 104 valence electrons. The van der Waals surface area contributed by atoms with Gasteiger partial charge < -0.3 is 18.7 Å². The van der Waals surface area contributed by atoms with E-state index in [1.165, 1.54) is 0 Å². The summed E-state index contributed by atoms with van der Waals surface area (Å²) in [6.45, 7) is 4.66. The molecule has 0 saturated heterocycles. The van der Waals surface area contributed by atoms with Crippen LogP contribution in [0.1, 0.15) is 25.6 Å². The molecule has 4 nitrogen and oxygen atoms in total. The van der Waals surface area contributed by atoms with Crippen molar-refractivity contribution in [3.05, 3.63) is 47.1 Å². The van der Waals surface area contributed by atoms with Crippen molar-refractivity contribution < 1.29 is 9.15 Å². The maximum atomic E-state index is 5.64. The fourth-order valence-electron chi connectivity index (χ4n) is 2.44. The number of furan rings is 1. The second kappa shape index (κ2) is 5.17. The Hall–Kier alpha value is -2.01. The molecular formula is C15H16N2O2S. The minimum Gasteiger partial charge on any atom is -0.492 e. The average Bonchev–Trinajstić information content (AvgIpc) is 3.06. The van der Waals surface area contributed by atoms with Gasteiger partial charge in [-0.25, -0.2) is 0 Å². The third-order valence-electron chi connectivity index (χ3n) is 3.36. The first-order chi connectivity index (χ1) is 9.72. The van der Waals surface area contributed by atoms with Crippen molar-refractivity contribution >= 4 is 23.3 Å². The molecule has 0 bridgehead atoms. The lowest BCUT2D eigenvalue weighted by Crippen LogP contribution is -2.05. The van der Waals surface area contributed by atoms with Crippen LogP contribution < -0.4 is 4.74 Å². The summed E-state index contributed by atoms with van der Waals surface area (Å²) < 4.78 is 13.8. The Bertz CT molecular complexity index is 771. The molecule has 1 aromatic carbocycles. The van der Waals surface area contributed by atoms with Crippen LogP contribution in [0.4, 0.5) is 0 Å². The zero-order valence-electron chi connectivity index (χ0n) is 11.4. The summed E-state index contributed by atoms with van der Waals surface area (Å²) in [4.78, 5) is 3.23. The molecule has 0 fully saturated rings. The first-order valence-electron chi connectivity index (χ1n) is 6.61. The van der Waals surface area contributed by atoms with E-state index in [9.17, 15) is 0 Å². The van der Waals surface area contributed by atoms with E-state index in [4.69, 9.17) is 21.4 Å². The first kappa shape index (κ1) is 13.0. The summed E-state index contributed by atoms with van der Waals surface area (Å²) in [5.74, 6) is 1.70. The van der Waals surface area contributed by atoms with Crippen LogP contribution in [0.5, 0.6) is 5.75 Å². The van der Waals surface area contributed by atoms with Gasteiger partial charge in [-0.3, -0.25) is 0 Å². The van der Waals surface area contributed by atoms with Crippen molar-refractivity contribution in [1.82, 2.24) is 9.55 Å². The Kier molecular flexibility index (Phi) is 3.36. The Labute approximate surface area is 122 Å². The molecule has 0 aliphatic heterocycles. The van der Waals surface area contributed by atoms with Gasteiger partial charge in [0.2, 0.25) is 0 Å². The van der Waals surface area contributed by atoms with Crippen LogP contribution in [0.3, 0.4) is 0 Å². The topological polar surface area (TPSA) is 43.1 Å². The normalized spacial score (nSPS) is 12.7. The van der Waals surface area contributed by atoms with Crippen molar-refractivity contribution in [3.8, 4) is 5.75 Å². The van der Waals surface area contributed by atoms with Gasteiger partial charge in [-0.2, -0.15) is 0 Å². The third-order valence-corrected chi connectivity index (χ3v) is 3.66. The highest BCUT2D eigenvalue weighted by Crippen LogP contribution is 2.29. The minimum atomic E-state index is 0.0307. The average molecular weight is 288 g/mol. The van der Waals surface area contributed by atoms with Crippen LogP contribution >= 0.6 is 12.2 Å². The second-order valence-corrected chi connectivity index (χ2v) is 4.96. The zero-order chi connectivity index (χ0) is 14.1. The Balaban J connectivity index is 2.19. The largest absolute Gasteiger partial charge is 0.492 e. The molecule has 0 aliphatic rings. The number of rotatable bonds is 4. The van der Waals surface area contributed by atoms with Gasteiger partial charge in [0.1, 0.15) is 17.0 Å². The summed E-state index contributed by atoms with van der Waals surface area (Å²) in [6.07, 6.45) is 1.68. The second-order valence-electron chi connectivity index (χ2n) is 4.57. The molecule has 1 atom stereocenters. The molecule has 0 amide bonds. The number of imidazole rings is 1. The summed E-state index contributed by atoms with van der Waals surface area (Å²) in [7, 11) is 0. The van der Waals surface area contributed by atoms with Gasteiger partial charge >= 0.3 is 0 Å². The maximum Gasteiger partial charge on any atom is 0.178 e. The molecule has 0 spiro atoms. The van der Waals surface area contributed by atoms with Gasteiger partial charge in [0.05, 0.1) is 24.4 Å². The lowest BCUT2D eigenvalue weighted by molar-refractivity contribution is 0.343. The van der Waals surface area contributed by atoms with Crippen LogP contribution in [0.2, 0.25) is 0 Å². The Morgan fingerprint density at radius 2 is 2.20 bits per heavy atom. The predicted molar refractivity (Wildman–Crippen MR) is 80.8 cm³/mol. The third kappa shape index (κ3) is 2.04. The number of aromatic amines is 1. The summed E-state index contributed by atoms with van der Waals surface area (Å²) in [6, 6.07) is 9.82. The van der Waals surface area contributed by atoms with Gasteiger partial charge in [0, 0.05) is 0 Å². The molecular weight excluding hydrogens is 272 g/mol. The van der Waals surface area contributed by atoms with E-state index in [0.29, 0.717) is 11.4 Å². The maximum absolute atomic E-state index is 5.64. The van der Waals surface area contributed by atoms with Crippen molar-refractivity contribution in [2.24, 2.45) is 0 Å². The van der Waals surface area contributed by atoms with Gasteiger partial charge in [0.15, 0.2) is 4.77 Å². The van der Waals surface area contributed by atoms with Gasteiger partial charge in [-0.05, 0) is 50.3 Å². The number of benzene rings is 1. The number of hydrogen-bond acceptors (Lipinski definition) is 3. The molecule has 2 heterocycles. The summed E-state index contributed by atoms with van der Waals surface area (Å²) in [5.41, 5.74) is 1.95. The van der Waals surface area contributed by atoms with Gasteiger partial charge in [-0.15, -0.1) is 0 Å². The highest BCUT2D eigenvalue weighted by atomic mass is 32.1. The quantitative estimate of drug-likeness (QED) is 0.728.